The molecule has 11 nitrogen and oxygen atoms in total. The molecule has 0 aromatic heterocycles. The first-order chi connectivity index (χ1) is 20.8. The van der Waals surface area contributed by atoms with E-state index in [9.17, 15) is 14.4 Å². The molecule has 0 bridgehead atoms. The summed E-state index contributed by atoms with van der Waals surface area (Å²) in [5.74, 6) is -1.18. The van der Waals surface area contributed by atoms with Crippen LogP contribution in [0.3, 0.4) is 0 Å². The highest BCUT2D eigenvalue weighted by molar-refractivity contribution is 6.03. The number of hydrogen-bond donors (Lipinski definition) is 4. The Morgan fingerprint density at radius 1 is 0.977 bits per heavy atom. The second-order valence-corrected chi connectivity index (χ2v) is 9.99. The number of amidine groups is 1. The molecule has 0 radical (unpaired) electrons. The Morgan fingerprint density at radius 3 is 2.42 bits per heavy atom. The molecule has 222 valence electrons. The van der Waals surface area contributed by atoms with Gasteiger partial charge in [-0.25, -0.2) is 4.79 Å². The molecule has 3 amide bonds. The number of urea groups is 1. The predicted molar refractivity (Wildman–Crippen MR) is 167 cm³/mol. The van der Waals surface area contributed by atoms with Crippen molar-refractivity contribution in [1.82, 2.24) is 5.32 Å². The van der Waals surface area contributed by atoms with Gasteiger partial charge in [-0.3, -0.25) is 14.5 Å². The Labute approximate surface area is 250 Å². The van der Waals surface area contributed by atoms with E-state index >= 15 is 0 Å². The van der Waals surface area contributed by atoms with Crippen LogP contribution in [0.1, 0.15) is 59.2 Å². The summed E-state index contributed by atoms with van der Waals surface area (Å²) in [7, 11) is 1.49. The second kappa shape index (κ2) is 15.1. The lowest BCUT2D eigenvalue weighted by Gasteiger charge is -2.24. The number of carboxylic acid groups (broad SMARTS) is 1. The summed E-state index contributed by atoms with van der Waals surface area (Å²) >= 11 is 0. The number of aliphatic carboxylic acids is 1. The zero-order valence-corrected chi connectivity index (χ0v) is 24.0. The van der Waals surface area contributed by atoms with Crippen molar-refractivity contribution in [3.8, 4) is 0 Å². The first kappa shape index (κ1) is 30.6. The number of carbonyl (C=O) groups is 3. The van der Waals surface area contributed by atoms with Gasteiger partial charge in [0.15, 0.2) is 5.84 Å². The molecule has 0 saturated heterocycles. The van der Waals surface area contributed by atoms with Gasteiger partial charge >= 0.3 is 12.0 Å². The summed E-state index contributed by atoms with van der Waals surface area (Å²) in [5, 5.41) is 25.3. The van der Waals surface area contributed by atoms with Crippen molar-refractivity contribution in [3.63, 3.8) is 0 Å². The molecular weight excluding hydrogens is 546 g/mol. The molecule has 1 aliphatic rings. The van der Waals surface area contributed by atoms with Crippen molar-refractivity contribution >= 4 is 40.7 Å². The minimum absolute atomic E-state index is 0.0399. The molecule has 5 N–H and O–H groups in total. The number of benzene rings is 3. The molecular formula is C32H35N7O4. The first-order valence-electron chi connectivity index (χ1n) is 14.0. The number of carboxylic acids is 1. The molecule has 1 aliphatic carbocycles. The van der Waals surface area contributed by atoms with Gasteiger partial charge in [0.25, 0.3) is 5.91 Å². The zero-order chi connectivity index (χ0) is 30.6. The summed E-state index contributed by atoms with van der Waals surface area (Å²) in [5.41, 5.74) is 11.5. The quantitative estimate of drug-likeness (QED) is 0.0974. The summed E-state index contributed by atoms with van der Waals surface area (Å²) in [6, 6.07) is 21.4. The van der Waals surface area contributed by atoms with Crippen LogP contribution in [0, 0.1) is 0 Å². The maximum Gasteiger partial charge on any atom is 0.326 e. The number of rotatable bonds is 11. The van der Waals surface area contributed by atoms with Gasteiger partial charge < -0.3 is 21.5 Å². The van der Waals surface area contributed by atoms with Crippen LogP contribution >= 0.6 is 0 Å². The number of nitrogens with two attached hydrogens (primary N) is 1. The third kappa shape index (κ3) is 8.83. The lowest BCUT2D eigenvalue weighted by atomic mass is 9.93. The van der Waals surface area contributed by atoms with Crippen molar-refractivity contribution in [2.45, 2.75) is 38.6 Å². The topological polar surface area (TPSA) is 162 Å². The first-order valence-corrected chi connectivity index (χ1v) is 14.0. The van der Waals surface area contributed by atoms with E-state index in [1.165, 1.54) is 25.5 Å². The number of nitrogens with zero attached hydrogens (tertiary/aromatic N) is 4. The molecule has 0 atom stereocenters. The van der Waals surface area contributed by atoms with Gasteiger partial charge in [-0.2, -0.15) is 5.11 Å². The Bertz CT molecular complexity index is 1530. The van der Waals surface area contributed by atoms with Crippen molar-refractivity contribution in [2.24, 2.45) is 21.2 Å². The van der Waals surface area contributed by atoms with Gasteiger partial charge in [-0.05, 0) is 84.0 Å². The summed E-state index contributed by atoms with van der Waals surface area (Å²) < 4.78 is 0. The third-order valence-corrected chi connectivity index (χ3v) is 6.92. The zero-order valence-electron chi connectivity index (χ0n) is 24.0. The van der Waals surface area contributed by atoms with Gasteiger partial charge in [0.1, 0.15) is 0 Å². The number of anilines is 2. The lowest BCUT2D eigenvalue weighted by molar-refractivity contribution is -0.136. The number of carbonyl (C=O) groups excluding carboxylic acids is 2. The monoisotopic (exact) mass is 581 g/mol. The highest BCUT2D eigenvalue weighted by atomic mass is 16.4. The highest BCUT2D eigenvalue weighted by Crippen LogP contribution is 2.29. The highest BCUT2D eigenvalue weighted by Gasteiger charge is 2.18. The van der Waals surface area contributed by atoms with Gasteiger partial charge in [-0.15, -0.1) is 5.10 Å². The van der Waals surface area contributed by atoms with E-state index in [0.29, 0.717) is 22.5 Å². The van der Waals surface area contributed by atoms with Crippen LogP contribution in [0.15, 0.2) is 94.3 Å². The van der Waals surface area contributed by atoms with E-state index in [2.05, 4.69) is 32.1 Å². The molecule has 4 rings (SSSR count). The number of amides is 3. The van der Waals surface area contributed by atoms with Crippen LogP contribution < -0.4 is 21.3 Å². The molecule has 0 unspecified atom stereocenters. The van der Waals surface area contributed by atoms with Crippen molar-refractivity contribution < 1.29 is 19.5 Å². The molecule has 43 heavy (non-hydrogen) atoms. The minimum Gasteiger partial charge on any atom is -0.481 e. The Hall–Kier alpha value is -5.32. The lowest BCUT2D eigenvalue weighted by Crippen LogP contribution is -2.34. The molecule has 0 spiro atoms. The number of allylic oxidation sites excluding steroid dienone is 2. The van der Waals surface area contributed by atoms with Gasteiger partial charge in [-0.1, -0.05) is 42.5 Å². The summed E-state index contributed by atoms with van der Waals surface area (Å²) in [6.45, 7) is 0.271. The molecule has 0 saturated carbocycles. The Morgan fingerprint density at radius 2 is 1.74 bits per heavy atom. The standard InChI is InChI=1S/C32H35N7O4/c1-34-38-37-30(33)26-8-5-9-27(20-26)36-32(43)39(28-16-14-24(15-17-28)23-6-3-2-4-7-23)21-22-10-12-25(13-11-22)31(42)35-19-18-29(40)41/h5-6,8-17,20H,2-4,7,18-19,21H2,1H3,(H,35,42)(H,36,43)(H,40,41)(H2,33,34,37). The van der Waals surface area contributed by atoms with E-state index in [4.69, 9.17) is 10.8 Å². The van der Waals surface area contributed by atoms with Gasteiger partial charge in [0, 0.05) is 29.0 Å². The average molecular weight is 582 g/mol. The molecule has 0 aliphatic heterocycles. The van der Waals surface area contributed by atoms with Crippen LogP contribution in [0.4, 0.5) is 16.2 Å². The SMILES string of the molecule is CN=N/N=C(\N)c1cccc(NC(=O)N(Cc2ccc(C(=O)NCCC(=O)O)cc2)c2ccc(C3=CCCCC3)cc2)c1. The Balaban J connectivity index is 1.56. The number of hydrogen-bond acceptors (Lipinski definition) is 5. The van der Waals surface area contributed by atoms with Crippen LogP contribution in [0.2, 0.25) is 0 Å². The van der Waals surface area contributed by atoms with Crippen LogP contribution in [0.5, 0.6) is 0 Å². The molecule has 3 aromatic carbocycles. The summed E-state index contributed by atoms with van der Waals surface area (Å²) in [4.78, 5) is 38.4. The smallest absolute Gasteiger partial charge is 0.326 e. The fourth-order valence-electron chi connectivity index (χ4n) is 4.66. The van der Waals surface area contributed by atoms with Crippen molar-refractivity contribution in [3.05, 3.63) is 101 Å². The van der Waals surface area contributed by atoms with Crippen LogP contribution in [-0.2, 0) is 11.3 Å². The fourth-order valence-corrected chi connectivity index (χ4v) is 4.66. The van der Waals surface area contributed by atoms with E-state index in [0.717, 1.165) is 24.0 Å². The second-order valence-electron chi connectivity index (χ2n) is 9.99. The van der Waals surface area contributed by atoms with Crippen LogP contribution in [-0.4, -0.2) is 42.4 Å². The normalized spacial score (nSPS) is 13.3. The van der Waals surface area contributed by atoms with Crippen LogP contribution in [0.25, 0.3) is 5.57 Å². The Kier molecular flexibility index (Phi) is 10.7. The third-order valence-electron chi connectivity index (χ3n) is 6.92. The van der Waals surface area contributed by atoms with Gasteiger partial charge in [0.05, 0.1) is 20.0 Å². The maximum absolute atomic E-state index is 13.7. The van der Waals surface area contributed by atoms with E-state index < -0.39 is 5.97 Å². The average Bonchev–Trinajstić information content (AvgIpc) is 3.03. The predicted octanol–water partition coefficient (Wildman–Crippen LogP) is 5.79. The van der Waals surface area contributed by atoms with Crippen molar-refractivity contribution in [1.29, 1.82) is 0 Å². The van der Waals surface area contributed by atoms with Crippen molar-refractivity contribution in [2.75, 3.05) is 23.8 Å². The maximum atomic E-state index is 13.7. The van der Waals surface area contributed by atoms with E-state index in [-0.39, 0.29) is 37.3 Å². The molecule has 0 heterocycles. The number of nitrogens with one attached hydrogen (secondary N) is 2. The fraction of sp³-hybridized carbons (Fsp3) is 0.250. The van der Waals surface area contributed by atoms with E-state index in [1.807, 2.05) is 24.3 Å². The molecule has 11 heteroatoms. The van der Waals surface area contributed by atoms with E-state index in [1.54, 1.807) is 53.4 Å². The van der Waals surface area contributed by atoms with Gasteiger partial charge in [0.2, 0.25) is 0 Å². The molecule has 3 aromatic rings. The largest absolute Gasteiger partial charge is 0.481 e. The summed E-state index contributed by atoms with van der Waals surface area (Å²) in [6.07, 6.45) is 6.63. The minimum atomic E-state index is -0.983. The molecule has 0 fully saturated rings.